The number of anilines is 2. The maximum Gasteiger partial charge on any atom is 0.332 e. The first kappa shape index (κ1) is 20.5. The lowest BCUT2D eigenvalue weighted by Crippen LogP contribution is -2.13. The average Bonchev–Trinajstić information content (AvgIpc) is 3.11. The van der Waals surface area contributed by atoms with Crippen molar-refractivity contribution in [2.45, 2.75) is 9.79 Å². The Morgan fingerprint density at radius 2 is 1.71 bits per heavy atom. The smallest absolute Gasteiger partial charge is 0.332 e. The summed E-state index contributed by atoms with van der Waals surface area (Å²) in [4.78, 5) is 21.4. The molecule has 4 N–H and O–H groups in total. The van der Waals surface area contributed by atoms with Crippen LogP contribution in [0.1, 0.15) is 0 Å². The number of aromatic amines is 1. The van der Waals surface area contributed by atoms with Gasteiger partial charge in [-0.3, -0.25) is 19.1 Å². The average molecular weight is 464 g/mol. The van der Waals surface area contributed by atoms with Gasteiger partial charge in [0.2, 0.25) is 5.95 Å². The molecule has 2 aromatic heterocycles. The van der Waals surface area contributed by atoms with Crippen molar-refractivity contribution >= 4 is 43.0 Å². The molecule has 0 saturated carbocycles. The van der Waals surface area contributed by atoms with Gasteiger partial charge in [0.05, 0.1) is 21.2 Å². The minimum absolute atomic E-state index is 0.0584. The summed E-state index contributed by atoms with van der Waals surface area (Å²) in [5.74, 6) is -0.102. The van der Waals surface area contributed by atoms with Crippen LogP contribution in [0.25, 0.3) is 16.9 Å². The van der Waals surface area contributed by atoms with Gasteiger partial charge in [0, 0.05) is 0 Å². The van der Waals surface area contributed by atoms with Gasteiger partial charge in [-0.2, -0.15) is 13.4 Å². The van der Waals surface area contributed by atoms with E-state index in [9.17, 15) is 25.5 Å². The van der Waals surface area contributed by atoms with Gasteiger partial charge in [-0.25, -0.2) is 13.4 Å². The third kappa shape index (κ3) is 3.97. The number of hydrogen-bond donors (Lipinski definition) is 3. The van der Waals surface area contributed by atoms with E-state index in [-0.39, 0.29) is 27.7 Å². The summed E-state index contributed by atoms with van der Waals surface area (Å²) in [5.41, 5.74) is 5.92. The number of nitrogens with zero attached hydrogens (tertiary/aromatic N) is 3. The molecule has 14 heteroatoms. The summed E-state index contributed by atoms with van der Waals surface area (Å²) in [7, 11) is -9.04. The maximum absolute atomic E-state index is 13.0. The van der Waals surface area contributed by atoms with E-state index in [1.165, 1.54) is 23.0 Å². The number of nitrogens with two attached hydrogens (primary N) is 1. The number of fused-ring (bicyclic) bond motifs is 1. The number of benzene rings is 2. The predicted octanol–water partition coefficient (Wildman–Crippen LogP) is 1.15. The van der Waals surface area contributed by atoms with E-state index in [0.29, 0.717) is 5.69 Å². The second-order valence-corrected chi connectivity index (χ2v) is 9.33. The first-order valence-electron chi connectivity index (χ1n) is 8.45. The van der Waals surface area contributed by atoms with Crippen molar-refractivity contribution in [3.8, 4) is 5.69 Å². The SMILES string of the molecule is Nc1nc2c(ncn2-c2cccc(NS(=O)(=O)c3ccc(S(=O)(=O)F)cc3)c2)c(=O)[nH]1. The fourth-order valence-electron chi connectivity index (χ4n) is 2.83. The molecule has 0 fully saturated rings. The standard InChI is InChI=1S/C17H13FN6O5S2/c18-30(26,27)12-4-6-13(7-5-12)31(28,29)23-10-2-1-3-11(8-10)24-9-20-14-15(24)21-17(19)22-16(14)25/h1-9,23H,(H3,19,21,22,25). The van der Waals surface area contributed by atoms with Crippen molar-refractivity contribution in [3.63, 3.8) is 0 Å². The number of H-pyrrole nitrogens is 1. The van der Waals surface area contributed by atoms with Crippen molar-refractivity contribution in [3.05, 3.63) is 65.2 Å². The highest BCUT2D eigenvalue weighted by atomic mass is 32.3. The van der Waals surface area contributed by atoms with Gasteiger partial charge in [-0.15, -0.1) is 3.89 Å². The number of sulfonamides is 1. The molecule has 0 atom stereocenters. The topological polar surface area (TPSA) is 170 Å². The van der Waals surface area contributed by atoms with E-state index in [0.717, 1.165) is 24.3 Å². The van der Waals surface area contributed by atoms with Gasteiger partial charge in [0.25, 0.3) is 15.6 Å². The molecule has 31 heavy (non-hydrogen) atoms. The number of nitrogen functional groups attached to an aromatic ring is 1. The van der Waals surface area contributed by atoms with Crippen LogP contribution in [0.3, 0.4) is 0 Å². The molecule has 0 amide bonds. The van der Waals surface area contributed by atoms with Crippen LogP contribution in [0, 0.1) is 0 Å². The second-order valence-electron chi connectivity index (χ2n) is 6.30. The van der Waals surface area contributed by atoms with Crippen molar-refractivity contribution < 1.29 is 20.7 Å². The third-order valence-corrected chi connectivity index (χ3v) is 6.45. The fourth-order valence-corrected chi connectivity index (χ4v) is 4.34. The van der Waals surface area contributed by atoms with Gasteiger partial charge in [0.15, 0.2) is 11.2 Å². The number of nitrogens with one attached hydrogen (secondary N) is 2. The quantitative estimate of drug-likeness (QED) is 0.369. The minimum atomic E-state index is -4.94. The normalized spacial score (nSPS) is 12.2. The summed E-state index contributed by atoms with van der Waals surface area (Å²) >= 11 is 0. The molecule has 4 aromatic rings. The van der Waals surface area contributed by atoms with Gasteiger partial charge >= 0.3 is 10.2 Å². The summed E-state index contributed by atoms with van der Waals surface area (Å²) in [6.07, 6.45) is 1.34. The Labute approximate surface area is 174 Å². The molecular weight excluding hydrogens is 451 g/mol. The summed E-state index contributed by atoms with van der Waals surface area (Å²) in [6, 6.07) is 9.81. The van der Waals surface area contributed by atoms with E-state index < -0.39 is 30.7 Å². The number of aromatic nitrogens is 4. The van der Waals surface area contributed by atoms with E-state index in [1.807, 2.05) is 0 Å². The van der Waals surface area contributed by atoms with Crippen molar-refractivity contribution in [1.29, 1.82) is 0 Å². The molecule has 0 aliphatic heterocycles. The van der Waals surface area contributed by atoms with Crippen LogP contribution in [-0.2, 0) is 20.2 Å². The molecule has 2 aromatic carbocycles. The molecule has 0 bridgehead atoms. The van der Waals surface area contributed by atoms with Crippen molar-refractivity contribution in [1.82, 2.24) is 19.5 Å². The predicted molar refractivity (Wildman–Crippen MR) is 109 cm³/mol. The zero-order valence-electron chi connectivity index (χ0n) is 15.4. The monoisotopic (exact) mass is 464 g/mol. The highest BCUT2D eigenvalue weighted by Gasteiger charge is 2.18. The van der Waals surface area contributed by atoms with Gasteiger partial charge in [-0.1, -0.05) is 6.07 Å². The number of imidazole rings is 1. The number of hydrogen-bond acceptors (Lipinski definition) is 8. The lowest BCUT2D eigenvalue weighted by molar-refractivity contribution is 0.551. The van der Waals surface area contributed by atoms with Crippen LogP contribution in [0.5, 0.6) is 0 Å². The summed E-state index contributed by atoms with van der Waals surface area (Å²) in [6.45, 7) is 0. The maximum atomic E-state index is 13.0. The molecule has 0 aliphatic rings. The fraction of sp³-hybridized carbons (Fsp3) is 0. The second kappa shape index (κ2) is 7.17. The first-order chi connectivity index (χ1) is 14.5. The van der Waals surface area contributed by atoms with Crippen LogP contribution in [0.2, 0.25) is 0 Å². The number of halogens is 1. The van der Waals surface area contributed by atoms with Crippen LogP contribution in [-0.4, -0.2) is 36.4 Å². The highest BCUT2D eigenvalue weighted by molar-refractivity contribution is 7.92. The van der Waals surface area contributed by atoms with E-state index in [4.69, 9.17) is 5.73 Å². The molecule has 11 nitrogen and oxygen atoms in total. The van der Waals surface area contributed by atoms with Crippen molar-refractivity contribution in [2.24, 2.45) is 0 Å². The Bertz CT molecular complexity index is 1580. The minimum Gasteiger partial charge on any atom is -0.369 e. The molecule has 0 spiro atoms. The van der Waals surface area contributed by atoms with Crippen molar-refractivity contribution in [2.75, 3.05) is 10.5 Å². The molecule has 0 radical (unpaired) electrons. The summed E-state index contributed by atoms with van der Waals surface area (Å²) in [5, 5.41) is 0. The highest BCUT2D eigenvalue weighted by Crippen LogP contribution is 2.22. The Morgan fingerprint density at radius 3 is 2.39 bits per heavy atom. The Balaban J connectivity index is 1.69. The van der Waals surface area contributed by atoms with Crippen LogP contribution < -0.4 is 16.0 Å². The molecule has 0 saturated heterocycles. The molecule has 2 heterocycles. The first-order valence-corrected chi connectivity index (χ1v) is 11.3. The van der Waals surface area contributed by atoms with Crippen LogP contribution in [0.15, 0.2) is 69.4 Å². The molecule has 0 aliphatic carbocycles. The number of rotatable bonds is 5. The zero-order valence-corrected chi connectivity index (χ0v) is 17.0. The zero-order chi connectivity index (χ0) is 22.4. The molecule has 160 valence electrons. The molecular formula is C17H13FN6O5S2. The van der Waals surface area contributed by atoms with Gasteiger partial charge in [0.1, 0.15) is 6.33 Å². The van der Waals surface area contributed by atoms with Gasteiger partial charge in [-0.05, 0) is 42.5 Å². The molecule has 4 rings (SSSR count). The van der Waals surface area contributed by atoms with Crippen LogP contribution >= 0.6 is 0 Å². The van der Waals surface area contributed by atoms with Gasteiger partial charge < -0.3 is 5.73 Å². The Hall–Kier alpha value is -3.78. The largest absolute Gasteiger partial charge is 0.369 e. The summed E-state index contributed by atoms with van der Waals surface area (Å²) < 4.78 is 63.8. The lowest BCUT2D eigenvalue weighted by atomic mass is 10.3. The van der Waals surface area contributed by atoms with E-state index >= 15 is 0 Å². The molecule has 0 unspecified atom stereocenters. The third-order valence-electron chi connectivity index (χ3n) is 4.22. The van der Waals surface area contributed by atoms with E-state index in [2.05, 4.69) is 19.7 Å². The van der Waals surface area contributed by atoms with Crippen LogP contribution in [0.4, 0.5) is 15.5 Å². The lowest BCUT2D eigenvalue weighted by Gasteiger charge is -2.10. The van der Waals surface area contributed by atoms with E-state index in [1.54, 1.807) is 12.1 Å². The Morgan fingerprint density at radius 1 is 1.03 bits per heavy atom. The Kier molecular flexibility index (Phi) is 4.74.